The minimum absolute atomic E-state index is 0.0466. The van der Waals surface area contributed by atoms with Gasteiger partial charge in [0.05, 0.1) is 24.9 Å². The highest BCUT2D eigenvalue weighted by Gasteiger charge is 2.43. The van der Waals surface area contributed by atoms with Gasteiger partial charge in [-0.25, -0.2) is 14.8 Å². The summed E-state index contributed by atoms with van der Waals surface area (Å²) < 4.78 is 13.9. The summed E-state index contributed by atoms with van der Waals surface area (Å²) in [6, 6.07) is 36.0. The fraction of sp³-hybridized carbons (Fsp3) is 0.302. The zero-order chi connectivity index (χ0) is 37.3. The van der Waals surface area contributed by atoms with Gasteiger partial charge in [0.15, 0.2) is 12.1 Å². The van der Waals surface area contributed by atoms with Crippen LogP contribution in [-0.4, -0.2) is 76.7 Å². The number of nitrogens with one attached hydrogen (secondary N) is 2. The average Bonchev–Trinajstić information content (AvgIpc) is 3.22. The van der Waals surface area contributed by atoms with Gasteiger partial charge in [-0.2, -0.15) is 0 Å². The number of ketones is 1. The molecule has 2 amide bonds. The monoisotopic (exact) mass is 726 g/mol. The van der Waals surface area contributed by atoms with E-state index in [0.29, 0.717) is 18.7 Å². The minimum atomic E-state index is -0.746. The fourth-order valence-corrected chi connectivity index (χ4v) is 7.24. The third-order valence-corrected chi connectivity index (χ3v) is 10.1. The number of aliphatic hydroxyl groups is 1. The highest BCUT2D eigenvalue weighted by atomic mass is 16.7. The van der Waals surface area contributed by atoms with Crippen molar-refractivity contribution in [2.45, 2.75) is 50.4 Å². The molecule has 2 aliphatic heterocycles. The number of carbonyl (C=O) groups excluding carboxylic acids is 2. The van der Waals surface area contributed by atoms with Crippen LogP contribution in [0, 0.1) is 0 Å². The number of Topliss-reactive ketones (excluding diaryl/α,β-unsaturated/α-hetero) is 1. The van der Waals surface area contributed by atoms with E-state index in [9.17, 15) is 14.7 Å². The molecule has 2 fully saturated rings. The quantitative estimate of drug-likeness (QED) is 0.141. The third kappa shape index (κ3) is 9.18. The van der Waals surface area contributed by atoms with Crippen LogP contribution in [0.5, 0.6) is 0 Å². The van der Waals surface area contributed by atoms with Crippen molar-refractivity contribution in [2.24, 2.45) is 0 Å². The minimum Gasteiger partial charge on any atom is -0.392 e. The van der Waals surface area contributed by atoms with Crippen molar-refractivity contribution in [1.82, 2.24) is 20.2 Å². The van der Waals surface area contributed by atoms with Gasteiger partial charge in [-0.15, -0.1) is 0 Å². The van der Waals surface area contributed by atoms with Crippen molar-refractivity contribution < 1.29 is 24.2 Å². The molecule has 7 rings (SSSR count). The number of aromatic nitrogens is 2. The Morgan fingerprint density at radius 1 is 0.778 bits per heavy atom. The van der Waals surface area contributed by atoms with E-state index in [-0.39, 0.29) is 30.5 Å². The Labute approximate surface area is 316 Å². The van der Waals surface area contributed by atoms with Crippen LogP contribution in [0.15, 0.2) is 128 Å². The fourth-order valence-electron chi connectivity index (χ4n) is 7.24. The zero-order valence-corrected chi connectivity index (χ0v) is 30.3. The van der Waals surface area contributed by atoms with E-state index >= 15 is 0 Å². The number of hydrogen-bond acceptors (Lipinski definition) is 9. The highest BCUT2D eigenvalue weighted by molar-refractivity contribution is 5.93. The molecule has 11 heteroatoms. The van der Waals surface area contributed by atoms with Gasteiger partial charge >= 0.3 is 6.03 Å². The van der Waals surface area contributed by atoms with Crippen LogP contribution >= 0.6 is 0 Å². The van der Waals surface area contributed by atoms with Crippen molar-refractivity contribution in [1.29, 1.82) is 0 Å². The van der Waals surface area contributed by atoms with Gasteiger partial charge in [-0.1, -0.05) is 97.1 Å². The summed E-state index contributed by atoms with van der Waals surface area (Å²) in [7, 11) is 0. The average molecular weight is 727 g/mol. The zero-order valence-electron chi connectivity index (χ0n) is 30.3. The number of amides is 2. The van der Waals surface area contributed by atoms with E-state index in [2.05, 4.69) is 42.5 Å². The molecule has 5 atom stereocenters. The van der Waals surface area contributed by atoms with Crippen LogP contribution in [-0.2, 0) is 27.3 Å². The number of rotatable bonds is 12. The molecule has 2 saturated heterocycles. The van der Waals surface area contributed by atoms with Gasteiger partial charge in [0.1, 0.15) is 0 Å². The Kier molecular flexibility index (Phi) is 12.0. The van der Waals surface area contributed by atoms with E-state index in [1.807, 2.05) is 97.1 Å². The van der Waals surface area contributed by atoms with Gasteiger partial charge in [-0.3, -0.25) is 9.69 Å². The van der Waals surface area contributed by atoms with Crippen LogP contribution in [0.4, 0.5) is 16.4 Å². The molecule has 1 aromatic heterocycles. The lowest BCUT2D eigenvalue weighted by atomic mass is 9.83. The van der Waals surface area contributed by atoms with Crippen LogP contribution in [0.3, 0.4) is 0 Å². The molecular weight excluding hydrogens is 681 g/mol. The van der Waals surface area contributed by atoms with E-state index in [4.69, 9.17) is 9.47 Å². The molecule has 4 aromatic carbocycles. The summed E-state index contributed by atoms with van der Waals surface area (Å²) >= 11 is 0. The molecule has 5 aromatic rings. The molecule has 0 radical (unpaired) electrons. The largest absolute Gasteiger partial charge is 0.392 e. The Balaban J connectivity index is 1.13. The molecule has 54 heavy (non-hydrogen) atoms. The van der Waals surface area contributed by atoms with Crippen LogP contribution < -0.4 is 15.5 Å². The maximum absolute atomic E-state index is 13.2. The Morgan fingerprint density at radius 2 is 1.46 bits per heavy atom. The number of ether oxygens (including phenoxy) is 2. The summed E-state index contributed by atoms with van der Waals surface area (Å²) in [4.78, 5) is 39.2. The lowest BCUT2D eigenvalue weighted by molar-refractivity contribution is -0.263. The van der Waals surface area contributed by atoms with Gasteiger partial charge in [0.25, 0.3) is 0 Å². The lowest BCUT2D eigenvalue weighted by Crippen LogP contribution is -2.51. The number of carbonyl (C=O) groups is 2. The highest BCUT2D eigenvalue weighted by Crippen LogP contribution is 2.47. The molecule has 3 heterocycles. The van der Waals surface area contributed by atoms with Crippen LogP contribution in [0.2, 0.25) is 0 Å². The summed E-state index contributed by atoms with van der Waals surface area (Å²) in [5, 5.41) is 15.5. The summed E-state index contributed by atoms with van der Waals surface area (Å²) in [5.74, 6) is 0.472. The van der Waals surface area contributed by atoms with Gasteiger partial charge in [-0.05, 0) is 53.8 Å². The first-order valence-corrected chi connectivity index (χ1v) is 18.5. The van der Waals surface area contributed by atoms with Crippen molar-refractivity contribution in [3.8, 4) is 0 Å². The first-order chi connectivity index (χ1) is 26.4. The molecule has 0 bridgehead atoms. The SMILES string of the molecule is CC(=O)[C@@H](Cc1ccccc1)NC(=O)Nc1cccc(C2O[C@H](CN3CCN(c4ncccn4)CC3)[C@@H](c3ccccc3)[C@H](c3ccc(CO)cc3)O2)c1. The third-order valence-electron chi connectivity index (χ3n) is 10.1. The number of urea groups is 1. The van der Waals surface area contributed by atoms with E-state index in [0.717, 1.165) is 59.9 Å². The van der Waals surface area contributed by atoms with Gasteiger partial charge in [0.2, 0.25) is 5.95 Å². The molecule has 2 aliphatic rings. The number of aliphatic hydroxyl groups excluding tert-OH is 1. The first-order valence-electron chi connectivity index (χ1n) is 18.5. The van der Waals surface area contributed by atoms with Crippen LogP contribution in [0.25, 0.3) is 0 Å². The predicted molar refractivity (Wildman–Crippen MR) is 207 cm³/mol. The van der Waals surface area contributed by atoms with Gasteiger partial charge < -0.3 is 30.1 Å². The maximum Gasteiger partial charge on any atom is 0.319 e. The topological polar surface area (TPSA) is 129 Å². The van der Waals surface area contributed by atoms with Crippen molar-refractivity contribution >= 4 is 23.5 Å². The number of anilines is 2. The lowest BCUT2D eigenvalue weighted by Gasteiger charge is -2.45. The van der Waals surface area contributed by atoms with E-state index < -0.39 is 18.4 Å². The number of benzene rings is 4. The molecule has 3 N–H and O–H groups in total. The molecule has 0 aliphatic carbocycles. The summed E-state index contributed by atoms with van der Waals surface area (Å²) in [6.07, 6.45) is 2.55. The Morgan fingerprint density at radius 3 is 2.15 bits per heavy atom. The van der Waals surface area contributed by atoms with Crippen molar-refractivity contribution in [3.63, 3.8) is 0 Å². The van der Waals surface area contributed by atoms with Crippen molar-refractivity contribution in [2.75, 3.05) is 42.9 Å². The van der Waals surface area contributed by atoms with E-state index in [1.54, 1.807) is 18.5 Å². The summed E-state index contributed by atoms with van der Waals surface area (Å²) in [6.45, 7) is 5.34. The molecule has 278 valence electrons. The second-order valence-corrected chi connectivity index (χ2v) is 13.8. The van der Waals surface area contributed by atoms with Gasteiger partial charge in [0, 0.05) is 62.3 Å². The Bertz CT molecular complexity index is 1960. The second kappa shape index (κ2) is 17.6. The molecule has 0 spiro atoms. The molecule has 1 unspecified atom stereocenters. The predicted octanol–water partition coefficient (Wildman–Crippen LogP) is 6.05. The molecule has 11 nitrogen and oxygen atoms in total. The normalized spacial score (nSPS) is 20.9. The second-order valence-electron chi connectivity index (χ2n) is 13.8. The number of nitrogens with zero attached hydrogens (tertiary/aromatic N) is 4. The van der Waals surface area contributed by atoms with Crippen molar-refractivity contribution in [3.05, 3.63) is 155 Å². The smallest absolute Gasteiger partial charge is 0.319 e. The molecule has 0 saturated carbocycles. The number of piperazine rings is 1. The Hall–Kier alpha value is -5.46. The molecular formula is C43H46N6O5. The van der Waals surface area contributed by atoms with Crippen LogP contribution in [0.1, 0.15) is 53.1 Å². The first kappa shape index (κ1) is 36.9. The summed E-state index contributed by atoms with van der Waals surface area (Å²) in [5.41, 5.74) is 5.17. The number of hydrogen-bond donors (Lipinski definition) is 3. The van der Waals surface area contributed by atoms with E-state index in [1.165, 1.54) is 6.92 Å². The maximum atomic E-state index is 13.2. The standard InChI is InChI=1S/C43H46N6O5/c1-30(51)37(26-31-10-4-2-5-11-31)47-43(52)46-36-15-8-14-35(27-36)41-53-38(28-48-22-24-49(25-23-48)42-44-20-9-21-45-42)39(33-12-6-3-7-13-33)40(54-41)34-18-16-32(29-50)17-19-34/h2-21,27,37-41,50H,22-26,28-29H2,1H3,(H2,46,47,52)/t37-,38-,39-,40+,41?/m1/s1.